The van der Waals surface area contributed by atoms with Crippen LogP contribution in [0.15, 0.2) is 36.5 Å². The summed E-state index contributed by atoms with van der Waals surface area (Å²) in [5, 5.41) is 15.0. The van der Waals surface area contributed by atoms with Crippen LogP contribution in [0, 0.1) is 11.3 Å². The zero-order chi connectivity index (χ0) is 18.9. The maximum atomic E-state index is 13.1. The van der Waals surface area contributed by atoms with Crippen LogP contribution in [0.5, 0.6) is 0 Å². The molecule has 0 radical (unpaired) electrons. The standard InChI is InChI=1S/C21H29N3O2/c1-5-18-16(13-22-24(18)15-9-7-6-8-10-15)20(26)23-12-11-17(19(25)14-23)21(2,3)4/h6-10,13,17,19,25H,5,11-12,14H2,1-4H3. The molecule has 1 amide bonds. The minimum atomic E-state index is -0.484. The average molecular weight is 355 g/mol. The van der Waals surface area contributed by atoms with Gasteiger partial charge in [0.2, 0.25) is 0 Å². The lowest BCUT2D eigenvalue weighted by molar-refractivity contribution is -0.0188. The molecular formula is C21H29N3O2. The van der Waals surface area contributed by atoms with Crippen molar-refractivity contribution in [3.63, 3.8) is 0 Å². The second-order valence-corrected chi connectivity index (χ2v) is 8.19. The molecule has 2 heterocycles. The zero-order valence-electron chi connectivity index (χ0n) is 16.1. The lowest BCUT2D eigenvalue weighted by Crippen LogP contribution is -2.50. The van der Waals surface area contributed by atoms with Crippen LogP contribution in [0.1, 0.15) is 50.2 Å². The molecule has 5 nitrogen and oxygen atoms in total. The second-order valence-electron chi connectivity index (χ2n) is 8.19. The number of likely N-dealkylation sites (tertiary alicyclic amines) is 1. The minimum Gasteiger partial charge on any atom is -0.391 e. The summed E-state index contributed by atoms with van der Waals surface area (Å²) in [7, 11) is 0. The molecular weight excluding hydrogens is 326 g/mol. The van der Waals surface area contributed by atoms with E-state index >= 15 is 0 Å². The highest BCUT2D eigenvalue weighted by Crippen LogP contribution is 2.35. The van der Waals surface area contributed by atoms with Crippen molar-refractivity contribution in [3.8, 4) is 5.69 Å². The molecule has 0 saturated carbocycles. The van der Waals surface area contributed by atoms with Crippen molar-refractivity contribution < 1.29 is 9.90 Å². The van der Waals surface area contributed by atoms with Crippen molar-refractivity contribution in [2.45, 2.75) is 46.6 Å². The van der Waals surface area contributed by atoms with E-state index in [1.165, 1.54) is 0 Å². The van der Waals surface area contributed by atoms with Crippen molar-refractivity contribution in [2.24, 2.45) is 11.3 Å². The second kappa shape index (κ2) is 7.23. The number of carbonyl (C=O) groups excluding carboxylic acids is 1. The van der Waals surface area contributed by atoms with E-state index in [4.69, 9.17) is 0 Å². The SMILES string of the molecule is CCc1c(C(=O)N2CCC(C(C)(C)C)C(O)C2)cnn1-c1ccccc1. The summed E-state index contributed by atoms with van der Waals surface area (Å²) >= 11 is 0. The van der Waals surface area contributed by atoms with E-state index < -0.39 is 6.10 Å². The van der Waals surface area contributed by atoms with Crippen LogP contribution < -0.4 is 0 Å². The van der Waals surface area contributed by atoms with Gasteiger partial charge >= 0.3 is 0 Å². The van der Waals surface area contributed by atoms with Crippen LogP contribution in [-0.2, 0) is 6.42 Å². The van der Waals surface area contributed by atoms with Crippen LogP contribution in [0.4, 0.5) is 0 Å². The molecule has 0 aliphatic carbocycles. The Balaban J connectivity index is 1.82. The number of aromatic nitrogens is 2. The van der Waals surface area contributed by atoms with Gasteiger partial charge < -0.3 is 10.0 Å². The molecule has 1 aromatic carbocycles. The Bertz CT molecular complexity index is 761. The fraction of sp³-hybridized carbons (Fsp3) is 0.524. The van der Waals surface area contributed by atoms with Crippen molar-refractivity contribution in [1.29, 1.82) is 0 Å². The van der Waals surface area contributed by atoms with Gasteiger partial charge in [-0.3, -0.25) is 4.79 Å². The summed E-state index contributed by atoms with van der Waals surface area (Å²) < 4.78 is 1.84. The fourth-order valence-corrected chi connectivity index (χ4v) is 3.98. The van der Waals surface area contributed by atoms with E-state index in [0.717, 1.165) is 24.2 Å². The first-order chi connectivity index (χ1) is 12.3. The summed E-state index contributed by atoms with van der Waals surface area (Å²) in [5.41, 5.74) is 2.54. The Kier molecular flexibility index (Phi) is 5.19. The number of carbonyl (C=O) groups is 1. The third-order valence-corrected chi connectivity index (χ3v) is 5.42. The highest BCUT2D eigenvalue weighted by molar-refractivity contribution is 5.95. The van der Waals surface area contributed by atoms with E-state index in [2.05, 4.69) is 25.9 Å². The molecule has 1 saturated heterocycles. The Morgan fingerprint density at radius 3 is 2.54 bits per heavy atom. The monoisotopic (exact) mass is 355 g/mol. The van der Waals surface area contributed by atoms with E-state index in [0.29, 0.717) is 18.7 Å². The number of amides is 1. The van der Waals surface area contributed by atoms with Gasteiger partial charge in [-0.25, -0.2) is 4.68 Å². The molecule has 1 aromatic heterocycles. The van der Waals surface area contributed by atoms with Gasteiger partial charge in [-0.05, 0) is 36.3 Å². The Morgan fingerprint density at radius 1 is 1.27 bits per heavy atom. The van der Waals surface area contributed by atoms with Gasteiger partial charge in [0, 0.05) is 13.1 Å². The lowest BCUT2D eigenvalue weighted by atomic mass is 9.73. The maximum absolute atomic E-state index is 13.1. The van der Waals surface area contributed by atoms with E-state index in [-0.39, 0.29) is 17.2 Å². The molecule has 1 aliphatic heterocycles. The molecule has 3 rings (SSSR count). The average Bonchev–Trinajstić information content (AvgIpc) is 3.04. The smallest absolute Gasteiger partial charge is 0.257 e. The van der Waals surface area contributed by atoms with Crippen LogP contribution in [0.25, 0.3) is 5.69 Å². The van der Waals surface area contributed by atoms with Crippen LogP contribution in [0.2, 0.25) is 0 Å². The molecule has 2 unspecified atom stereocenters. The molecule has 1 N–H and O–H groups in total. The first-order valence-corrected chi connectivity index (χ1v) is 9.42. The minimum absolute atomic E-state index is 0.0320. The van der Waals surface area contributed by atoms with Gasteiger partial charge in [0.1, 0.15) is 0 Å². The van der Waals surface area contributed by atoms with E-state index in [9.17, 15) is 9.90 Å². The molecule has 140 valence electrons. The molecule has 2 atom stereocenters. The van der Waals surface area contributed by atoms with Gasteiger partial charge in [0.15, 0.2) is 0 Å². The Labute approximate surface area is 155 Å². The van der Waals surface area contributed by atoms with Crippen molar-refractivity contribution in [1.82, 2.24) is 14.7 Å². The third kappa shape index (κ3) is 3.54. The maximum Gasteiger partial charge on any atom is 0.257 e. The van der Waals surface area contributed by atoms with Gasteiger partial charge in [-0.1, -0.05) is 45.9 Å². The first-order valence-electron chi connectivity index (χ1n) is 9.42. The summed E-state index contributed by atoms with van der Waals surface area (Å²) in [6, 6.07) is 9.86. The van der Waals surface area contributed by atoms with Gasteiger partial charge in [-0.15, -0.1) is 0 Å². The summed E-state index contributed by atoms with van der Waals surface area (Å²) in [4.78, 5) is 14.9. The number of hydrogen-bond donors (Lipinski definition) is 1. The van der Waals surface area contributed by atoms with Crippen LogP contribution in [0.3, 0.4) is 0 Å². The summed E-state index contributed by atoms with van der Waals surface area (Å²) in [5.74, 6) is 0.180. The number of nitrogens with zero attached hydrogens (tertiary/aromatic N) is 3. The Hall–Kier alpha value is -2.14. The number of hydrogen-bond acceptors (Lipinski definition) is 3. The van der Waals surface area contributed by atoms with Crippen molar-refractivity contribution in [3.05, 3.63) is 47.8 Å². The molecule has 1 fully saturated rings. The fourth-order valence-electron chi connectivity index (χ4n) is 3.98. The van der Waals surface area contributed by atoms with E-state index in [1.54, 1.807) is 11.1 Å². The number of aliphatic hydroxyl groups is 1. The molecule has 0 bridgehead atoms. The predicted octanol–water partition coefficient (Wildman–Crippen LogP) is 3.30. The molecule has 2 aromatic rings. The molecule has 0 spiro atoms. The molecule has 5 heteroatoms. The normalized spacial score (nSPS) is 21.0. The third-order valence-electron chi connectivity index (χ3n) is 5.42. The molecule has 1 aliphatic rings. The number of aliphatic hydroxyl groups excluding tert-OH is 1. The lowest BCUT2D eigenvalue weighted by Gasteiger charge is -2.42. The Morgan fingerprint density at radius 2 is 1.96 bits per heavy atom. The highest BCUT2D eigenvalue weighted by Gasteiger charge is 2.37. The summed E-state index contributed by atoms with van der Waals surface area (Å²) in [6.45, 7) is 9.55. The largest absolute Gasteiger partial charge is 0.391 e. The first kappa shape index (κ1) is 18.6. The number of rotatable bonds is 3. The number of β-amino-alcohol motifs (C(OH)–C–C–N with tert-alkyl or cyclic N) is 1. The molecule has 26 heavy (non-hydrogen) atoms. The van der Waals surface area contributed by atoms with E-state index in [1.807, 2.05) is 41.9 Å². The van der Waals surface area contributed by atoms with Crippen molar-refractivity contribution >= 4 is 5.91 Å². The van der Waals surface area contributed by atoms with Crippen LogP contribution in [-0.4, -0.2) is 44.9 Å². The number of piperidine rings is 1. The topological polar surface area (TPSA) is 58.4 Å². The predicted molar refractivity (Wildman–Crippen MR) is 102 cm³/mol. The number of para-hydroxylation sites is 1. The van der Waals surface area contributed by atoms with Gasteiger partial charge in [0.25, 0.3) is 5.91 Å². The zero-order valence-corrected chi connectivity index (χ0v) is 16.1. The highest BCUT2D eigenvalue weighted by atomic mass is 16.3. The quantitative estimate of drug-likeness (QED) is 0.919. The van der Waals surface area contributed by atoms with Gasteiger partial charge in [0.05, 0.1) is 29.2 Å². The van der Waals surface area contributed by atoms with Crippen LogP contribution >= 0.6 is 0 Å². The number of benzene rings is 1. The van der Waals surface area contributed by atoms with Gasteiger partial charge in [-0.2, -0.15) is 5.10 Å². The van der Waals surface area contributed by atoms with Crippen molar-refractivity contribution in [2.75, 3.05) is 13.1 Å². The summed E-state index contributed by atoms with van der Waals surface area (Å²) in [6.07, 6.45) is 2.72.